The molecule has 0 saturated heterocycles. The largest absolute Gasteiger partial charge is 0.0924 e. The van der Waals surface area contributed by atoms with Gasteiger partial charge in [-0.3, -0.25) is 0 Å². The smallest absolute Gasteiger partial charge is 0.00718 e. The molecule has 0 N–H and O–H groups in total. The molecule has 0 heterocycles. The quantitative estimate of drug-likeness (QED) is 0.619. The predicted octanol–water partition coefficient (Wildman–Crippen LogP) is 2.42. The fraction of sp³-hybridized carbons (Fsp3) is 0.250. The van der Waals surface area contributed by atoms with Crippen molar-refractivity contribution in [2.24, 2.45) is 0 Å². The second-order valence-corrected chi connectivity index (χ2v) is 2.64. The van der Waals surface area contributed by atoms with E-state index in [1.165, 1.54) is 5.56 Å². The summed E-state index contributed by atoms with van der Waals surface area (Å²) < 4.78 is 0. The number of alkyl halides is 1. The summed E-state index contributed by atoms with van der Waals surface area (Å²) in [5.41, 5.74) is 1.34. The molecule has 0 aliphatic rings. The number of hydrogen-bond acceptors (Lipinski definition) is 0. The number of hydrogen-bond donors (Lipinski definition) is 0. The Morgan fingerprint density at radius 2 is 2.44 bits per heavy atom. The SMILES string of the molecule is BrCCc1c[c]ccc1. The summed E-state index contributed by atoms with van der Waals surface area (Å²) in [7, 11) is 0. The van der Waals surface area contributed by atoms with Gasteiger partial charge >= 0.3 is 0 Å². The highest BCUT2D eigenvalue weighted by molar-refractivity contribution is 9.09. The van der Waals surface area contributed by atoms with Crippen LogP contribution in [0.15, 0.2) is 24.3 Å². The van der Waals surface area contributed by atoms with Gasteiger partial charge in [0.1, 0.15) is 0 Å². The van der Waals surface area contributed by atoms with Crippen molar-refractivity contribution < 1.29 is 0 Å². The van der Waals surface area contributed by atoms with Crippen LogP contribution in [0.3, 0.4) is 0 Å². The fourth-order valence-corrected chi connectivity index (χ4v) is 1.15. The summed E-state index contributed by atoms with van der Waals surface area (Å²) in [4.78, 5) is 0. The number of rotatable bonds is 2. The minimum Gasteiger partial charge on any atom is -0.0924 e. The zero-order chi connectivity index (χ0) is 6.53. The summed E-state index contributed by atoms with van der Waals surface area (Å²) in [6.07, 6.45) is 1.09. The van der Waals surface area contributed by atoms with E-state index in [0.717, 1.165) is 11.8 Å². The number of halogens is 1. The van der Waals surface area contributed by atoms with Crippen LogP contribution in [0.5, 0.6) is 0 Å². The molecule has 1 rings (SSSR count). The van der Waals surface area contributed by atoms with E-state index in [9.17, 15) is 0 Å². The van der Waals surface area contributed by atoms with Crippen LogP contribution in [0.2, 0.25) is 0 Å². The molecule has 0 aliphatic carbocycles. The molecular weight excluding hydrogens is 176 g/mol. The molecule has 0 aliphatic heterocycles. The summed E-state index contributed by atoms with van der Waals surface area (Å²) >= 11 is 3.37. The minimum atomic E-state index is 1.03. The van der Waals surface area contributed by atoms with Gasteiger partial charge in [0.15, 0.2) is 0 Å². The Morgan fingerprint density at radius 3 is 3.00 bits per heavy atom. The van der Waals surface area contributed by atoms with E-state index in [1.54, 1.807) is 0 Å². The van der Waals surface area contributed by atoms with Crippen molar-refractivity contribution in [3.8, 4) is 0 Å². The lowest BCUT2D eigenvalue weighted by molar-refractivity contribution is 1.17. The van der Waals surface area contributed by atoms with Crippen LogP contribution in [-0.2, 0) is 6.42 Å². The number of benzene rings is 1. The molecule has 0 bridgehead atoms. The van der Waals surface area contributed by atoms with Crippen molar-refractivity contribution in [1.82, 2.24) is 0 Å². The van der Waals surface area contributed by atoms with E-state index in [-0.39, 0.29) is 0 Å². The molecule has 0 fully saturated rings. The maximum Gasteiger partial charge on any atom is 0.00718 e. The van der Waals surface area contributed by atoms with Crippen molar-refractivity contribution in [1.29, 1.82) is 0 Å². The monoisotopic (exact) mass is 183 g/mol. The third-order valence-corrected chi connectivity index (χ3v) is 1.55. The van der Waals surface area contributed by atoms with Gasteiger partial charge in [-0.1, -0.05) is 40.2 Å². The second kappa shape index (κ2) is 3.67. The first-order valence-electron chi connectivity index (χ1n) is 2.94. The molecule has 1 heteroatoms. The van der Waals surface area contributed by atoms with Crippen molar-refractivity contribution in [2.75, 3.05) is 5.33 Å². The van der Waals surface area contributed by atoms with Gasteiger partial charge in [-0.05, 0) is 18.1 Å². The van der Waals surface area contributed by atoms with Gasteiger partial charge in [0.25, 0.3) is 0 Å². The maximum absolute atomic E-state index is 3.37. The molecule has 0 nitrogen and oxygen atoms in total. The van der Waals surface area contributed by atoms with Crippen molar-refractivity contribution in [3.05, 3.63) is 35.9 Å². The van der Waals surface area contributed by atoms with E-state index in [0.29, 0.717) is 0 Å². The molecular formula is C8H8Br. The van der Waals surface area contributed by atoms with Crippen LogP contribution in [0.4, 0.5) is 0 Å². The van der Waals surface area contributed by atoms with Crippen molar-refractivity contribution >= 4 is 15.9 Å². The Labute approximate surface area is 64.0 Å². The van der Waals surface area contributed by atoms with Crippen LogP contribution >= 0.6 is 15.9 Å². The van der Waals surface area contributed by atoms with E-state index < -0.39 is 0 Å². The van der Waals surface area contributed by atoms with Gasteiger partial charge in [0.05, 0.1) is 0 Å². The summed E-state index contributed by atoms with van der Waals surface area (Å²) in [6.45, 7) is 0. The van der Waals surface area contributed by atoms with Gasteiger partial charge in [-0.15, -0.1) is 0 Å². The average molecular weight is 184 g/mol. The van der Waals surface area contributed by atoms with Crippen molar-refractivity contribution in [3.63, 3.8) is 0 Å². The maximum atomic E-state index is 3.37. The zero-order valence-corrected chi connectivity index (χ0v) is 6.69. The second-order valence-electron chi connectivity index (χ2n) is 1.85. The van der Waals surface area contributed by atoms with Crippen LogP contribution in [0, 0.1) is 6.07 Å². The lowest BCUT2D eigenvalue weighted by Crippen LogP contribution is -1.82. The Morgan fingerprint density at radius 1 is 1.56 bits per heavy atom. The minimum absolute atomic E-state index is 1.03. The Balaban J connectivity index is 2.61. The standard InChI is InChI=1S/C8H8Br/c9-7-6-8-4-2-1-3-5-8/h1-2,4-5H,6-7H2. The number of aryl methyl sites for hydroxylation is 1. The van der Waals surface area contributed by atoms with Gasteiger partial charge < -0.3 is 0 Å². The molecule has 1 radical (unpaired) electrons. The highest BCUT2D eigenvalue weighted by Gasteiger charge is 1.85. The van der Waals surface area contributed by atoms with Crippen LogP contribution in [0.1, 0.15) is 5.56 Å². The predicted molar refractivity (Wildman–Crippen MR) is 42.8 cm³/mol. The molecule has 0 aromatic heterocycles. The highest BCUT2D eigenvalue weighted by Crippen LogP contribution is 1.99. The molecule has 47 valence electrons. The van der Waals surface area contributed by atoms with E-state index in [1.807, 2.05) is 18.2 Å². The van der Waals surface area contributed by atoms with Crippen LogP contribution < -0.4 is 0 Å². The fourth-order valence-electron chi connectivity index (χ4n) is 0.695. The summed E-state index contributed by atoms with van der Waals surface area (Å²) in [5.74, 6) is 0. The molecule has 9 heavy (non-hydrogen) atoms. The third-order valence-electron chi connectivity index (χ3n) is 1.15. The Kier molecular flexibility index (Phi) is 2.78. The van der Waals surface area contributed by atoms with Gasteiger partial charge in [-0.25, -0.2) is 0 Å². The topological polar surface area (TPSA) is 0 Å². The first kappa shape index (κ1) is 6.81. The normalized spacial score (nSPS) is 9.44. The third kappa shape index (κ3) is 2.19. The highest BCUT2D eigenvalue weighted by atomic mass is 79.9. The molecule has 0 amide bonds. The Hall–Kier alpha value is -0.300. The zero-order valence-electron chi connectivity index (χ0n) is 5.10. The molecule has 0 saturated carbocycles. The molecule has 1 aromatic carbocycles. The lowest BCUT2D eigenvalue weighted by Gasteiger charge is -1.92. The molecule has 0 spiro atoms. The first-order valence-corrected chi connectivity index (χ1v) is 4.06. The van der Waals surface area contributed by atoms with Crippen LogP contribution in [0.25, 0.3) is 0 Å². The molecule has 1 aromatic rings. The van der Waals surface area contributed by atoms with E-state index in [2.05, 4.69) is 28.1 Å². The summed E-state index contributed by atoms with van der Waals surface area (Å²) in [6, 6.07) is 11.1. The van der Waals surface area contributed by atoms with Gasteiger partial charge in [0.2, 0.25) is 0 Å². The average Bonchev–Trinajstić information content (AvgIpc) is 1.91. The molecule has 0 atom stereocenters. The van der Waals surface area contributed by atoms with Crippen LogP contribution in [-0.4, -0.2) is 5.33 Å². The van der Waals surface area contributed by atoms with Gasteiger partial charge in [0, 0.05) is 5.33 Å². The van der Waals surface area contributed by atoms with Crippen molar-refractivity contribution in [2.45, 2.75) is 6.42 Å². The molecule has 0 unspecified atom stereocenters. The lowest BCUT2D eigenvalue weighted by atomic mass is 10.2. The van der Waals surface area contributed by atoms with Gasteiger partial charge in [-0.2, -0.15) is 0 Å². The Bertz CT molecular complexity index is 157. The van der Waals surface area contributed by atoms with E-state index in [4.69, 9.17) is 0 Å². The van der Waals surface area contributed by atoms with E-state index >= 15 is 0 Å². The summed E-state index contributed by atoms with van der Waals surface area (Å²) in [5, 5.41) is 1.03. The first-order chi connectivity index (χ1) is 4.43.